The molecule has 0 fully saturated rings. The van der Waals surface area contributed by atoms with Crippen LogP contribution in [0.3, 0.4) is 0 Å². The summed E-state index contributed by atoms with van der Waals surface area (Å²) in [6.45, 7) is 2.32. The zero-order chi connectivity index (χ0) is 19.2. The van der Waals surface area contributed by atoms with Crippen molar-refractivity contribution in [1.82, 2.24) is 15.5 Å². The number of carbonyl (C=O) groups is 1. The minimum absolute atomic E-state index is 0.181. The number of hydrogen-bond donors (Lipinski definition) is 1. The summed E-state index contributed by atoms with van der Waals surface area (Å²) >= 11 is 0. The highest BCUT2D eigenvalue weighted by atomic mass is 19.1. The van der Waals surface area contributed by atoms with Crippen molar-refractivity contribution >= 4 is 5.91 Å². The molecule has 7 heteroatoms. The Morgan fingerprint density at radius 1 is 1.22 bits per heavy atom. The fourth-order valence-electron chi connectivity index (χ4n) is 2.61. The fourth-order valence-corrected chi connectivity index (χ4v) is 2.61. The average Bonchev–Trinajstić information content (AvgIpc) is 3.16. The average molecular weight is 369 g/mol. The topological polar surface area (TPSA) is 77.2 Å². The van der Waals surface area contributed by atoms with Gasteiger partial charge in [-0.2, -0.15) is 4.98 Å². The van der Waals surface area contributed by atoms with Gasteiger partial charge < -0.3 is 14.6 Å². The molecule has 0 aliphatic carbocycles. The molecule has 1 aromatic heterocycles. The summed E-state index contributed by atoms with van der Waals surface area (Å²) < 4.78 is 23.9. The molecular weight excluding hydrogens is 349 g/mol. The van der Waals surface area contributed by atoms with Crippen molar-refractivity contribution in [1.29, 1.82) is 0 Å². The quantitative estimate of drug-likeness (QED) is 0.690. The number of carbonyl (C=O) groups excluding carboxylic acids is 1. The number of methoxy groups -OCH3 is 1. The molecule has 0 saturated carbocycles. The van der Waals surface area contributed by atoms with Crippen LogP contribution in [0.25, 0.3) is 11.1 Å². The van der Waals surface area contributed by atoms with E-state index in [1.54, 1.807) is 30.3 Å². The van der Waals surface area contributed by atoms with E-state index in [1.807, 2.05) is 13.0 Å². The van der Waals surface area contributed by atoms with E-state index < -0.39 is 5.82 Å². The summed E-state index contributed by atoms with van der Waals surface area (Å²) in [4.78, 5) is 16.6. The zero-order valence-electron chi connectivity index (χ0n) is 15.2. The standard InChI is InChI=1S/C20H20FN3O3/c1-3-19-23-18(24-27-19)9-10-22-20(25)15-6-4-5-13(11-15)14-7-8-17(26-2)16(21)12-14/h4-8,11-12H,3,9-10H2,1-2H3,(H,22,25). The third kappa shape index (κ3) is 4.49. The summed E-state index contributed by atoms with van der Waals surface area (Å²) in [5, 5.41) is 6.68. The molecule has 0 spiro atoms. The highest BCUT2D eigenvalue weighted by Crippen LogP contribution is 2.26. The normalized spacial score (nSPS) is 10.6. The van der Waals surface area contributed by atoms with Crippen molar-refractivity contribution in [2.75, 3.05) is 13.7 Å². The second-order valence-electron chi connectivity index (χ2n) is 5.89. The van der Waals surface area contributed by atoms with Crippen LogP contribution < -0.4 is 10.1 Å². The van der Waals surface area contributed by atoms with Gasteiger partial charge in [-0.25, -0.2) is 4.39 Å². The number of hydrogen-bond acceptors (Lipinski definition) is 5. The van der Waals surface area contributed by atoms with Gasteiger partial charge in [0.2, 0.25) is 5.89 Å². The number of halogens is 1. The molecule has 3 rings (SSSR count). The summed E-state index contributed by atoms with van der Waals surface area (Å²) in [5.74, 6) is 0.659. The van der Waals surface area contributed by atoms with Crippen LogP contribution in [0.15, 0.2) is 47.0 Å². The van der Waals surface area contributed by atoms with Crippen molar-refractivity contribution in [2.45, 2.75) is 19.8 Å². The zero-order valence-corrected chi connectivity index (χ0v) is 15.2. The molecule has 0 bridgehead atoms. The molecule has 0 unspecified atom stereocenters. The molecule has 2 aromatic carbocycles. The van der Waals surface area contributed by atoms with Gasteiger partial charge in [-0.3, -0.25) is 4.79 Å². The van der Waals surface area contributed by atoms with Crippen LogP contribution in [-0.4, -0.2) is 29.7 Å². The van der Waals surface area contributed by atoms with Gasteiger partial charge in [0.25, 0.3) is 5.91 Å². The van der Waals surface area contributed by atoms with Gasteiger partial charge in [0.1, 0.15) is 0 Å². The first kappa shape index (κ1) is 18.6. The molecule has 0 aliphatic heterocycles. The van der Waals surface area contributed by atoms with Crippen LogP contribution in [0.1, 0.15) is 29.0 Å². The second kappa shape index (κ2) is 8.44. The summed E-state index contributed by atoms with van der Waals surface area (Å²) in [5.41, 5.74) is 1.91. The number of aromatic nitrogens is 2. The molecular formula is C20H20FN3O3. The van der Waals surface area contributed by atoms with Crippen LogP contribution in [0.5, 0.6) is 5.75 Å². The summed E-state index contributed by atoms with van der Waals surface area (Å²) in [7, 11) is 1.42. The first-order valence-corrected chi connectivity index (χ1v) is 8.64. The maximum absolute atomic E-state index is 13.9. The number of benzene rings is 2. The number of nitrogens with one attached hydrogen (secondary N) is 1. The minimum atomic E-state index is -0.448. The summed E-state index contributed by atoms with van der Waals surface area (Å²) in [6, 6.07) is 11.7. The number of ether oxygens (including phenoxy) is 1. The van der Waals surface area contributed by atoms with E-state index in [0.29, 0.717) is 42.2 Å². The molecule has 0 saturated heterocycles. The Balaban J connectivity index is 1.65. The predicted octanol–water partition coefficient (Wildman–Crippen LogP) is 3.42. The Morgan fingerprint density at radius 3 is 2.74 bits per heavy atom. The molecule has 0 atom stereocenters. The first-order valence-electron chi connectivity index (χ1n) is 8.64. The molecule has 140 valence electrons. The lowest BCUT2D eigenvalue weighted by atomic mass is 10.0. The number of amides is 1. The van der Waals surface area contributed by atoms with Crippen LogP contribution in [0.2, 0.25) is 0 Å². The fraction of sp³-hybridized carbons (Fsp3) is 0.250. The Hall–Kier alpha value is -3.22. The van der Waals surface area contributed by atoms with Crippen molar-refractivity contribution in [3.63, 3.8) is 0 Å². The minimum Gasteiger partial charge on any atom is -0.494 e. The van der Waals surface area contributed by atoms with Gasteiger partial charge in [0.05, 0.1) is 7.11 Å². The Morgan fingerprint density at radius 2 is 2.04 bits per heavy atom. The van der Waals surface area contributed by atoms with Gasteiger partial charge in [-0.1, -0.05) is 30.3 Å². The van der Waals surface area contributed by atoms with Crippen LogP contribution in [-0.2, 0) is 12.8 Å². The van der Waals surface area contributed by atoms with Crippen LogP contribution >= 0.6 is 0 Å². The highest BCUT2D eigenvalue weighted by molar-refractivity contribution is 5.95. The summed E-state index contributed by atoms with van der Waals surface area (Å²) in [6.07, 6.45) is 1.16. The third-order valence-electron chi connectivity index (χ3n) is 4.06. The molecule has 0 radical (unpaired) electrons. The lowest BCUT2D eigenvalue weighted by Gasteiger charge is -2.08. The van der Waals surface area contributed by atoms with E-state index in [2.05, 4.69) is 15.5 Å². The maximum atomic E-state index is 13.9. The Labute approximate surface area is 156 Å². The Kier molecular flexibility index (Phi) is 5.80. The van der Waals surface area contributed by atoms with Crippen molar-refractivity contribution in [3.8, 4) is 16.9 Å². The van der Waals surface area contributed by atoms with E-state index in [4.69, 9.17) is 9.26 Å². The third-order valence-corrected chi connectivity index (χ3v) is 4.06. The molecule has 27 heavy (non-hydrogen) atoms. The van der Waals surface area contributed by atoms with E-state index in [-0.39, 0.29) is 11.7 Å². The van der Waals surface area contributed by atoms with Crippen molar-refractivity contribution < 1.29 is 18.4 Å². The molecule has 3 aromatic rings. The predicted molar refractivity (Wildman–Crippen MR) is 98.1 cm³/mol. The van der Waals surface area contributed by atoms with Gasteiger partial charge in [0, 0.05) is 24.9 Å². The monoisotopic (exact) mass is 369 g/mol. The molecule has 6 nitrogen and oxygen atoms in total. The number of nitrogens with zero attached hydrogens (tertiary/aromatic N) is 2. The van der Waals surface area contributed by atoms with Crippen LogP contribution in [0, 0.1) is 5.82 Å². The van der Waals surface area contributed by atoms with E-state index in [1.165, 1.54) is 13.2 Å². The smallest absolute Gasteiger partial charge is 0.251 e. The maximum Gasteiger partial charge on any atom is 0.251 e. The highest BCUT2D eigenvalue weighted by Gasteiger charge is 2.10. The van der Waals surface area contributed by atoms with Crippen molar-refractivity contribution in [2.24, 2.45) is 0 Å². The first-order chi connectivity index (χ1) is 13.1. The van der Waals surface area contributed by atoms with E-state index in [9.17, 15) is 9.18 Å². The molecule has 1 amide bonds. The van der Waals surface area contributed by atoms with Gasteiger partial charge in [0.15, 0.2) is 17.4 Å². The van der Waals surface area contributed by atoms with E-state index in [0.717, 1.165) is 5.56 Å². The van der Waals surface area contributed by atoms with Gasteiger partial charge in [-0.15, -0.1) is 0 Å². The second-order valence-corrected chi connectivity index (χ2v) is 5.89. The molecule has 1 N–H and O–H groups in total. The van der Waals surface area contributed by atoms with Gasteiger partial charge in [-0.05, 0) is 35.4 Å². The largest absolute Gasteiger partial charge is 0.494 e. The lowest BCUT2D eigenvalue weighted by molar-refractivity contribution is 0.0954. The SMILES string of the molecule is CCc1nc(CCNC(=O)c2cccc(-c3ccc(OC)c(F)c3)c2)no1. The van der Waals surface area contributed by atoms with Crippen LogP contribution in [0.4, 0.5) is 4.39 Å². The van der Waals surface area contributed by atoms with Crippen molar-refractivity contribution in [3.05, 3.63) is 65.6 Å². The van der Waals surface area contributed by atoms with Gasteiger partial charge >= 0.3 is 0 Å². The molecule has 1 heterocycles. The number of rotatable bonds is 7. The molecule has 0 aliphatic rings. The lowest BCUT2D eigenvalue weighted by Crippen LogP contribution is -2.25. The Bertz CT molecular complexity index is 940. The number of aryl methyl sites for hydroxylation is 1. The van der Waals surface area contributed by atoms with E-state index >= 15 is 0 Å².